The van der Waals surface area contributed by atoms with Crippen LogP contribution in [0.25, 0.3) is 0 Å². The van der Waals surface area contributed by atoms with Crippen molar-refractivity contribution >= 4 is 23.8 Å². The predicted octanol–water partition coefficient (Wildman–Crippen LogP) is 2.17. The Labute approximate surface area is 119 Å². The molecule has 0 radical (unpaired) electrons. The predicted molar refractivity (Wildman–Crippen MR) is 79.6 cm³/mol. The van der Waals surface area contributed by atoms with Crippen LogP contribution in [0.2, 0.25) is 0 Å². The molecule has 0 heterocycles. The molecule has 0 saturated carbocycles. The van der Waals surface area contributed by atoms with Gasteiger partial charge in [0.05, 0.1) is 5.92 Å². The van der Waals surface area contributed by atoms with Crippen LogP contribution in [0.4, 0.5) is 4.79 Å². The molecule has 0 aromatic carbocycles. The molecule has 0 aliphatic rings. The summed E-state index contributed by atoms with van der Waals surface area (Å²) in [6.07, 6.45) is 0.915. The van der Waals surface area contributed by atoms with Crippen molar-refractivity contribution in [1.82, 2.24) is 10.6 Å². The summed E-state index contributed by atoms with van der Waals surface area (Å²) in [5, 5.41) is 14.5. The maximum Gasteiger partial charge on any atom is 0.315 e. The van der Waals surface area contributed by atoms with E-state index < -0.39 is 11.9 Å². The van der Waals surface area contributed by atoms with Gasteiger partial charge in [0.15, 0.2) is 0 Å². The quantitative estimate of drug-likeness (QED) is 0.569. The average molecular weight is 290 g/mol. The van der Waals surface area contributed by atoms with E-state index in [0.717, 1.165) is 17.9 Å². The Morgan fingerprint density at radius 3 is 2.37 bits per heavy atom. The lowest BCUT2D eigenvalue weighted by molar-refractivity contribution is -0.142. The first kappa shape index (κ1) is 18.1. The molecule has 112 valence electrons. The second-order valence-electron chi connectivity index (χ2n) is 4.93. The van der Waals surface area contributed by atoms with Crippen LogP contribution < -0.4 is 10.6 Å². The van der Waals surface area contributed by atoms with E-state index in [2.05, 4.69) is 17.6 Å². The smallest absolute Gasteiger partial charge is 0.315 e. The Kier molecular flexibility index (Phi) is 9.47. The van der Waals surface area contributed by atoms with Crippen LogP contribution in [0.15, 0.2) is 0 Å². The van der Waals surface area contributed by atoms with Gasteiger partial charge in [-0.3, -0.25) is 4.79 Å². The molecule has 3 N–H and O–H groups in total. The molecule has 6 heteroatoms. The number of carbonyl (C=O) groups excluding carboxylic acids is 1. The molecule has 19 heavy (non-hydrogen) atoms. The first-order valence-corrected chi connectivity index (χ1v) is 7.88. The van der Waals surface area contributed by atoms with E-state index in [4.69, 9.17) is 5.11 Å². The van der Waals surface area contributed by atoms with E-state index in [1.807, 2.05) is 32.5 Å². The third-order valence-electron chi connectivity index (χ3n) is 2.88. The van der Waals surface area contributed by atoms with Crippen molar-refractivity contribution in [3.05, 3.63) is 0 Å². The summed E-state index contributed by atoms with van der Waals surface area (Å²) in [5.41, 5.74) is 0. The molecule has 0 fully saturated rings. The molecule has 0 saturated heterocycles. The molecular weight excluding hydrogens is 264 g/mol. The summed E-state index contributed by atoms with van der Waals surface area (Å²) in [6.45, 7) is 7.89. The largest absolute Gasteiger partial charge is 0.481 e. The van der Waals surface area contributed by atoms with Crippen LogP contribution in [0, 0.1) is 11.8 Å². The number of hydrogen-bond acceptors (Lipinski definition) is 3. The lowest BCUT2D eigenvalue weighted by atomic mass is 9.96. The van der Waals surface area contributed by atoms with Gasteiger partial charge in [-0.1, -0.05) is 20.8 Å². The molecule has 2 atom stereocenters. The van der Waals surface area contributed by atoms with Gasteiger partial charge in [0.2, 0.25) is 0 Å². The first-order valence-electron chi connectivity index (χ1n) is 6.73. The maximum absolute atomic E-state index is 11.6. The highest BCUT2D eigenvalue weighted by molar-refractivity contribution is 7.99. The van der Waals surface area contributed by atoms with Gasteiger partial charge in [0.25, 0.3) is 0 Å². The molecular formula is C13H26N2O3S. The van der Waals surface area contributed by atoms with Gasteiger partial charge >= 0.3 is 12.0 Å². The van der Waals surface area contributed by atoms with Crippen molar-refractivity contribution in [3.63, 3.8) is 0 Å². The monoisotopic (exact) mass is 290 g/mol. The van der Waals surface area contributed by atoms with Crippen molar-refractivity contribution in [3.8, 4) is 0 Å². The summed E-state index contributed by atoms with van der Waals surface area (Å²) in [7, 11) is 0. The second-order valence-corrected chi connectivity index (χ2v) is 6.32. The third kappa shape index (κ3) is 8.75. The highest BCUT2D eigenvalue weighted by Crippen LogP contribution is 2.09. The molecule has 0 bridgehead atoms. The van der Waals surface area contributed by atoms with Crippen molar-refractivity contribution in [1.29, 1.82) is 0 Å². The fourth-order valence-corrected chi connectivity index (χ4v) is 2.37. The minimum atomic E-state index is -0.873. The lowest BCUT2D eigenvalue weighted by Crippen LogP contribution is -2.44. The number of carbonyl (C=O) groups is 2. The molecule has 0 aliphatic carbocycles. The summed E-state index contributed by atoms with van der Waals surface area (Å²) in [4.78, 5) is 22.6. The van der Waals surface area contributed by atoms with Gasteiger partial charge in [-0.25, -0.2) is 4.79 Å². The number of nitrogens with one attached hydrogen (secondary N) is 2. The molecule has 0 aromatic heterocycles. The van der Waals surface area contributed by atoms with Crippen molar-refractivity contribution < 1.29 is 14.7 Å². The number of urea groups is 1. The summed E-state index contributed by atoms with van der Waals surface area (Å²) >= 11 is 1.84. The summed E-state index contributed by atoms with van der Waals surface area (Å²) in [5.74, 6) is 0.672. The van der Waals surface area contributed by atoms with Gasteiger partial charge in [-0.05, 0) is 30.8 Å². The maximum atomic E-state index is 11.6. The Balaban J connectivity index is 3.93. The molecule has 2 amide bonds. The van der Waals surface area contributed by atoms with Crippen molar-refractivity contribution in [2.75, 3.05) is 18.1 Å². The lowest BCUT2D eigenvalue weighted by Gasteiger charge is -2.18. The normalized spacial score (nSPS) is 13.9. The summed E-state index contributed by atoms with van der Waals surface area (Å²) < 4.78 is 0. The fraction of sp³-hybridized carbons (Fsp3) is 0.846. The molecule has 2 unspecified atom stereocenters. The zero-order valence-electron chi connectivity index (χ0n) is 12.2. The van der Waals surface area contributed by atoms with Crippen LogP contribution >= 0.6 is 11.8 Å². The highest BCUT2D eigenvalue weighted by atomic mass is 32.2. The van der Waals surface area contributed by atoms with Crippen molar-refractivity contribution in [2.24, 2.45) is 11.8 Å². The van der Waals surface area contributed by atoms with E-state index in [1.54, 1.807) is 0 Å². The number of carboxylic acids is 1. The van der Waals surface area contributed by atoms with Crippen LogP contribution in [0.5, 0.6) is 0 Å². The standard InChI is InChI=1S/C13H26N2O3S/c1-5-19-7-6-10(4)15-13(18)14-8-11(9(2)3)12(16)17/h9-11H,5-8H2,1-4H3,(H,16,17)(H2,14,15,18). The molecule has 5 nitrogen and oxygen atoms in total. The number of hydrogen-bond donors (Lipinski definition) is 3. The molecule has 0 rings (SSSR count). The molecule has 0 aliphatic heterocycles. The second kappa shape index (κ2) is 9.95. The highest BCUT2D eigenvalue weighted by Gasteiger charge is 2.22. The number of amides is 2. The number of thioether (sulfide) groups is 1. The summed E-state index contributed by atoms with van der Waals surface area (Å²) in [6, 6.07) is -0.192. The SMILES string of the molecule is CCSCCC(C)NC(=O)NCC(C(=O)O)C(C)C. The Morgan fingerprint density at radius 2 is 1.89 bits per heavy atom. The average Bonchev–Trinajstić information content (AvgIpc) is 2.28. The Hall–Kier alpha value is -0.910. The van der Waals surface area contributed by atoms with Gasteiger partial charge < -0.3 is 15.7 Å². The van der Waals surface area contributed by atoms with E-state index in [1.165, 1.54) is 0 Å². The van der Waals surface area contributed by atoms with Crippen LogP contribution in [-0.4, -0.2) is 41.2 Å². The van der Waals surface area contributed by atoms with Gasteiger partial charge in [-0.2, -0.15) is 11.8 Å². The van der Waals surface area contributed by atoms with Crippen LogP contribution in [0.1, 0.15) is 34.1 Å². The zero-order chi connectivity index (χ0) is 14.8. The van der Waals surface area contributed by atoms with Gasteiger partial charge in [0.1, 0.15) is 0 Å². The number of aliphatic carboxylic acids is 1. The van der Waals surface area contributed by atoms with E-state index in [-0.39, 0.29) is 24.5 Å². The molecule has 0 spiro atoms. The minimum absolute atomic E-state index is 0.00354. The Morgan fingerprint density at radius 1 is 1.26 bits per heavy atom. The molecule has 0 aromatic rings. The number of rotatable bonds is 9. The third-order valence-corrected chi connectivity index (χ3v) is 3.81. The van der Waals surface area contributed by atoms with Gasteiger partial charge in [-0.15, -0.1) is 0 Å². The number of carboxylic acid groups (broad SMARTS) is 1. The zero-order valence-corrected chi connectivity index (χ0v) is 13.0. The van der Waals surface area contributed by atoms with Gasteiger partial charge in [0, 0.05) is 12.6 Å². The topological polar surface area (TPSA) is 78.4 Å². The van der Waals surface area contributed by atoms with Crippen LogP contribution in [-0.2, 0) is 4.79 Å². The first-order chi connectivity index (χ1) is 8.88. The van der Waals surface area contributed by atoms with Crippen molar-refractivity contribution in [2.45, 2.75) is 40.2 Å². The van der Waals surface area contributed by atoms with E-state index >= 15 is 0 Å². The Bertz CT molecular complexity index is 285. The fourth-order valence-electron chi connectivity index (χ4n) is 1.56. The van der Waals surface area contributed by atoms with E-state index in [0.29, 0.717) is 0 Å². The van der Waals surface area contributed by atoms with E-state index in [9.17, 15) is 9.59 Å². The van der Waals surface area contributed by atoms with Crippen LogP contribution in [0.3, 0.4) is 0 Å². The minimum Gasteiger partial charge on any atom is -0.481 e.